The molecule has 0 atom stereocenters. The van der Waals surface area contributed by atoms with Gasteiger partial charge in [-0.25, -0.2) is 4.79 Å². The summed E-state index contributed by atoms with van der Waals surface area (Å²) in [5.41, 5.74) is 2.06. The number of piperidine rings is 1. The van der Waals surface area contributed by atoms with E-state index in [1.165, 1.54) is 0 Å². The Hall–Kier alpha value is -2.38. The molecule has 31 heavy (non-hydrogen) atoms. The van der Waals surface area contributed by atoms with E-state index in [2.05, 4.69) is 4.90 Å². The Balaban J connectivity index is 1.50. The number of carbonyl (C=O) groups is 1. The van der Waals surface area contributed by atoms with Gasteiger partial charge < -0.3 is 9.64 Å². The summed E-state index contributed by atoms with van der Waals surface area (Å²) in [7, 11) is -3.73. The quantitative estimate of drug-likeness (QED) is 0.479. The fourth-order valence-corrected chi connectivity index (χ4v) is 4.44. The Morgan fingerprint density at radius 1 is 1.00 bits per heavy atom. The van der Waals surface area contributed by atoms with Crippen LogP contribution < -0.4 is 4.90 Å². The number of esters is 1. The van der Waals surface area contributed by atoms with Crippen LogP contribution in [0.4, 0.5) is 5.69 Å². The molecule has 1 heterocycles. The first-order valence-corrected chi connectivity index (χ1v) is 12.0. The normalized spacial score (nSPS) is 15.7. The van der Waals surface area contributed by atoms with Crippen LogP contribution in [0.5, 0.6) is 0 Å². The van der Waals surface area contributed by atoms with Crippen molar-refractivity contribution in [2.45, 2.75) is 51.0 Å². The third-order valence-electron chi connectivity index (χ3n) is 5.25. The summed E-state index contributed by atoms with van der Waals surface area (Å²) in [6.07, 6.45) is 1.69. The lowest BCUT2D eigenvalue weighted by molar-refractivity contribution is 0.00695. The Labute approximate surface area is 185 Å². The molecule has 168 valence electrons. The monoisotopic (exact) mass is 445 g/mol. The molecule has 3 rings (SSSR count). The molecule has 0 aromatic heterocycles. The first-order chi connectivity index (χ1) is 14.5. The van der Waals surface area contributed by atoms with Crippen LogP contribution in [0.1, 0.15) is 49.5 Å². The van der Waals surface area contributed by atoms with Crippen molar-refractivity contribution in [3.63, 3.8) is 0 Å². The van der Waals surface area contributed by atoms with Gasteiger partial charge in [0.15, 0.2) is 0 Å². The Bertz CT molecular complexity index is 984. The second-order valence-corrected chi connectivity index (χ2v) is 10.6. The van der Waals surface area contributed by atoms with Crippen molar-refractivity contribution in [1.29, 1.82) is 0 Å². The largest absolute Gasteiger partial charge is 0.456 e. The van der Waals surface area contributed by atoms with Crippen molar-refractivity contribution < 1.29 is 22.1 Å². The highest BCUT2D eigenvalue weighted by Crippen LogP contribution is 2.25. The highest BCUT2D eigenvalue weighted by atomic mass is 32.2. The van der Waals surface area contributed by atoms with Crippen LogP contribution in [0, 0.1) is 12.8 Å². The first-order valence-electron chi connectivity index (χ1n) is 10.6. The molecular weight excluding hydrogens is 414 g/mol. The van der Waals surface area contributed by atoms with Crippen molar-refractivity contribution in [2.75, 3.05) is 24.6 Å². The van der Waals surface area contributed by atoms with Gasteiger partial charge in [-0.2, -0.15) is 8.42 Å². The maximum Gasteiger partial charge on any atom is 0.338 e. The van der Waals surface area contributed by atoms with E-state index < -0.39 is 15.7 Å². The summed E-state index contributed by atoms with van der Waals surface area (Å²) in [4.78, 5) is 14.6. The van der Waals surface area contributed by atoms with E-state index in [4.69, 9.17) is 8.92 Å². The zero-order valence-corrected chi connectivity index (χ0v) is 19.4. The summed E-state index contributed by atoms with van der Waals surface area (Å²) in [5.74, 6) is -0.137. The summed E-state index contributed by atoms with van der Waals surface area (Å²) in [5, 5.41) is 0. The second-order valence-electron chi connectivity index (χ2n) is 9.03. The summed E-state index contributed by atoms with van der Waals surface area (Å²) in [6.45, 7) is 9.27. The number of aryl methyl sites for hydroxylation is 1. The predicted molar refractivity (Wildman–Crippen MR) is 121 cm³/mol. The zero-order chi connectivity index (χ0) is 22.6. The van der Waals surface area contributed by atoms with E-state index in [0.717, 1.165) is 37.2 Å². The number of anilines is 1. The van der Waals surface area contributed by atoms with Crippen molar-refractivity contribution in [1.82, 2.24) is 0 Å². The lowest BCUT2D eigenvalue weighted by Crippen LogP contribution is -2.35. The molecule has 0 unspecified atom stereocenters. The maximum atomic E-state index is 12.4. The second kappa shape index (κ2) is 9.40. The number of ether oxygens (including phenoxy) is 1. The molecule has 2 aromatic rings. The van der Waals surface area contributed by atoms with Crippen LogP contribution in [0.15, 0.2) is 53.4 Å². The van der Waals surface area contributed by atoms with E-state index >= 15 is 0 Å². The van der Waals surface area contributed by atoms with Crippen LogP contribution in [0.3, 0.4) is 0 Å². The molecule has 0 radical (unpaired) electrons. The fourth-order valence-electron chi connectivity index (χ4n) is 3.46. The van der Waals surface area contributed by atoms with Crippen LogP contribution in [0.25, 0.3) is 0 Å². The average molecular weight is 446 g/mol. The fraction of sp³-hybridized carbons (Fsp3) is 0.458. The van der Waals surface area contributed by atoms with E-state index in [0.29, 0.717) is 5.56 Å². The predicted octanol–water partition coefficient (Wildman–Crippen LogP) is 4.57. The van der Waals surface area contributed by atoms with Gasteiger partial charge in [-0.05, 0) is 82.9 Å². The topological polar surface area (TPSA) is 72.9 Å². The Morgan fingerprint density at radius 3 is 2.13 bits per heavy atom. The van der Waals surface area contributed by atoms with E-state index in [1.54, 1.807) is 36.4 Å². The third-order valence-corrected chi connectivity index (χ3v) is 6.55. The standard InChI is InChI=1S/C24H31NO5S/c1-18-5-11-22(12-6-18)31(27,28)29-17-19-13-15-25(16-14-19)21-9-7-20(8-10-21)23(26)30-24(2,3)4/h5-12,19H,13-17H2,1-4H3. The van der Waals surface area contributed by atoms with Crippen LogP contribution >= 0.6 is 0 Å². The van der Waals surface area contributed by atoms with Gasteiger partial charge in [-0.3, -0.25) is 4.18 Å². The molecule has 1 aliphatic heterocycles. The SMILES string of the molecule is Cc1ccc(S(=O)(=O)OCC2CCN(c3ccc(C(=O)OC(C)(C)C)cc3)CC2)cc1. The van der Waals surface area contributed by atoms with Gasteiger partial charge in [0.1, 0.15) is 5.60 Å². The highest BCUT2D eigenvalue weighted by molar-refractivity contribution is 7.86. The molecule has 0 aliphatic carbocycles. The average Bonchev–Trinajstić information content (AvgIpc) is 2.72. The third kappa shape index (κ3) is 6.55. The molecule has 1 aliphatic rings. The van der Waals surface area contributed by atoms with Gasteiger partial charge in [-0.15, -0.1) is 0 Å². The number of rotatable bonds is 6. The van der Waals surface area contributed by atoms with Crippen LogP contribution in [-0.2, 0) is 19.0 Å². The molecule has 0 amide bonds. The number of carbonyl (C=O) groups excluding carboxylic acids is 1. The van der Waals surface area contributed by atoms with Crippen LogP contribution in [0.2, 0.25) is 0 Å². The molecule has 2 aromatic carbocycles. The van der Waals surface area contributed by atoms with Crippen LogP contribution in [-0.4, -0.2) is 39.7 Å². The smallest absolute Gasteiger partial charge is 0.338 e. The van der Waals surface area contributed by atoms with Crippen molar-refractivity contribution >= 4 is 21.8 Å². The van der Waals surface area contributed by atoms with Crippen molar-refractivity contribution in [2.24, 2.45) is 5.92 Å². The van der Waals surface area contributed by atoms with Gasteiger partial charge in [0.2, 0.25) is 0 Å². The molecule has 1 fully saturated rings. The van der Waals surface area contributed by atoms with E-state index in [9.17, 15) is 13.2 Å². The first kappa shape index (κ1) is 23.3. The Morgan fingerprint density at radius 2 is 1.58 bits per heavy atom. The molecule has 6 nitrogen and oxygen atoms in total. The highest BCUT2D eigenvalue weighted by Gasteiger charge is 2.24. The number of hydrogen-bond donors (Lipinski definition) is 0. The molecule has 7 heteroatoms. The maximum absolute atomic E-state index is 12.4. The molecule has 0 saturated carbocycles. The minimum absolute atomic E-state index is 0.192. The van der Waals surface area contributed by atoms with Gasteiger partial charge in [0, 0.05) is 18.8 Å². The van der Waals surface area contributed by atoms with E-state index in [1.807, 2.05) is 39.8 Å². The van der Waals surface area contributed by atoms with Gasteiger partial charge in [0.25, 0.3) is 10.1 Å². The number of nitrogens with zero attached hydrogens (tertiary/aromatic N) is 1. The van der Waals surface area contributed by atoms with Crippen molar-refractivity contribution in [3.8, 4) is 0 Å². The minimum Gasteiger partial charge on any atom is -0.456 e. The zero-order valence-electron chi connectivity index (χ0n) is 18.6. The van der Waals surface area contributed by atoms with Crippen molar-refractivity contribution in [3.05, 3.63) is 59.7 Å². The lowest BCUT2D eigenvalue weighted by Gasteiger charge is -2.33. The van der Waals surface area contributed by atoms with Gasteiger partial charge >= 0.3 is 5.97 Å². The molecular formula is C24H31NO5S. The number of benzene rings is 2. The molecule has 0 N–H and O–H groups in total. The molecule has 0 spiro atoms. The Kier molecular flexibility index (Phi) is 7.06. The number of hydrogen-bond acceptors (Lipinski definition) is 6. The molecule has 0 bridgehead atoms. The van der Waals surface area contributed by atoms with E-state index in [-0.39, 0.29) is 23.4 Å². The lowest BCUT2D eigenvalue weighted by atomic mass is 9.97. The summed E-state index contributed by atoms with van der Waals surface area (Å²) < 4.78 is 35.5. The molecule has 1 saturated heterocycles. The van der Waals surface area contributed by atoms with Gasteiger partial charge in [-0.1, -0.05) is 17.7 Å². The summed E-state index contributed by atoms with van der Waals surface area (Å²) >= 11 is 0. The summed E-state index contributed by atoms with van der Waals surface area (Å²) in [6, 6.07) is 14.1. The minimum atomic E-state index is -3.73. The van der Waals surface area contributed by atoms with Gasteiger partial charge in [0.05, 0.1) is 17.1 Å².